The molecular formula is C13H13Br2NO. The van der Waals surface area contributed by atoms with Crippen LogP contribution in [0.1, 0.15) is 22.9 Å². The lowest BCUT2D eigenvalue weighted by Gasteiger charge is -2.15. The third-order valence-corrected chi connectivity index (χ3v) is 4.23. The maximum atomic E-state index is 5.52. The number of furan rings is 1. The van der Waals surface area contributed by atoms with Crippen molar-refractivity contribution in [1.29, 1.82) is 0 Å². The van der Waals surface area contributed by atoms with Gasteiger partial charge in [0.05, 0.1) is 16.8 Å². The summed E-state index contributed by atoms with van der Waals surface area (Å²) in [5.41, 5.74) is 2.39. The van der Waals surface area contributed by atoms with E-state index >= 15 is 0 Å². The van der Waals surface area contributed by atoms with Crippen LogP contribution in [0.2, 0.25) is 0 Å². The quantitative estimate of drug-likeness (QED) is 0.878. The molecule has 0 aliphatic heterocycles. The molecule has 1 N–H and O–H groups in total. The number of hydrogen-bond donors (Lipinski definition) is 1. The Hall–Kier alpha value is -0.580. The summed E-state index contributed by atoms with van der Waals surface area (Å²) in [6.07, 6.45) is 1.69. The highest BCUT2D eigenvalue weighted by Crippen LogP contribution is 2.31. The van der Waals surface area contributed by atoms with E-state index < -0.39 is 0 Å². The summed E-state index contributed by atoms with van der Waals surface area (Å²) in [6, 6.07) is 8.28. The third-order valence-electron chi connectivity index (χ3n) is 2.72. The van der Waals surface area contributed by atoms with Crippen LogP contribution in [0.25, 0.3) is 0 Å². The first kappa shape index (κ1) is 12.9. The second kappa shape index (κ2) is 5.38. The summed E-state index contributed by atoms with van der Waals surface area (Å²) in [5.74, 6) is 0.892. The summed E-state index contributed by atoms with van der Waals surface area (Å²) in [5, 5.41) is 3.26. The van der Waals surface area contributed by atoms with Crippen LogP contribution >= 0.6 is 31.9 Å². The van der Waals surface area contributed by atoms with Gasteiger partial charge in [-0.1, -0.05) is 28.1 Å². The summed E-state index contributed by atoms with van der Waals surface area (Å²) in [4.78, 5) is 0. The van der Waals surface area contributed by atoms with E-state index in [1.165, 1.54) is 11.1 Å². The van der Waals surface area contributed by atoms with E-state index in [0.29, 0.717) is 0 Å². The molecule has 1 atom stereocenters. The molecular weight excluding hydrogens is 346 g/mol. The number of hydrogen-bond acceptors (Lipinski definition) is 2. The molecule has 0 aliphatic rings. The Kier molecular flexibility index (Phi) is 4.07. The fraction of sp³-hybridized carbons (Fsp3) is 0.231. The van der Waals surface area contributed by atoms with Crippen molar-refractivity contribution in [2.75, 3.05) is 7.05 Å². The molecule has 1 aromatic heterocycles. The van der Waals surface area contributed by atoms with Gasteiger partial charge in [0.25, 0.3) is 0 Å². The molecule has 0 spiro atoms. The predicted octanol–water partition coefficient (Wildman–Crippen LogP) is 4.42. The van der Waals surface area contributed by atoms with Gasteiger partial charge in [0.1, 0.15) is 5.76 Å². The lowest BCUT2D eigenvalue weighted by molar-refractivity contribution is 0.461. The third kappa shape index (κ3) is 2.64. The molecule has 1 aromatic carbocycles. The summed E-state index contributed by atoms with van der Waals surface area (Å²) >= 11 is 7.05. The highest BCUT2D eigenvalue weighted by Gasteiger charge is 2.18. The average molecular weight is 359 g/mol. The second-order valence-electron chi connectivity index (χ2n) is 3.86. The monoisotopic (exact) mass is 357 g/mol. The van der Waals surface area contributed by atoms with E-state index in [9.17, 15) is 0 Å². The van der Waals surface area contributed by atoms with Crippen molar-refractivity contribution in [3.05, 3.63) is 56.4 Å². The molecule has 17 heavy (non-hydrogen) atoms. The molecule has 1 unspecified atom stereocenters. The number of aryl methyl sites for hydroxylation is 1. The molecule has 4 heteroatoms. The van der Waals surface area contributed by atoms with Crippen LogP contribution in [-0.4, -0.2) is 7.05 Å². The van der Waals surface area contributed by atoms with Gasteiger partial charge in [0.2, 0.25) is 0 Å². The first-order valence-electron chi connectivity index (χ1n) is 5.29. The maximum absolute atomic E-state index is 5.52. The number of halogens is 2. The summed E-state index contributed by atoms with van der Waals surface area (Å²) in [7, 11) is 1.92. The van der Waals surface area contributed by atoms with Gasteiger partial charge in [-0.05, 0) is 53.2 Å². The molecule has 0 saturated carbocycles. The Morgan fingerprint density at radius 2 is 1.94 bits per heavy atom. The van der Waals surface area contributed by atoms with Gasteiger partial charge in [0.15, 0.2) is 0 Å². The predicted molar refractivity (Wildman–Crippen MR) is 76.2 cm³/mol. The number of nitrogens with one attached hydrogen (secondary N) is 1. The Labute approximate surface area is 118 Å². The standard InChI is InChI=1S/C13H13Br2NO/c1-8-3-4-9(7-11(8)15)12(16-2)13-10(14)5-6-17-13/h3-7,12,16H,1-2H3. The second-order valence-corrected chi connectivity index (χ2v) is 5.57. The van der Waals surface area contributed by atoms with Crippen molar-refractivity contribution in [2.24, 2.45) is 0 Å². The molecule has 0 saturated heterocycles. The molecule has 0 aliphatic carbocycles. The molecule has 0 radical (unpaired) electrons. The normalized spacial score (nSPS) is 12.7. The highest BCUT2D eigenvalue weighted by molar-refractivity contribution is 9.10. The largest absolute Gasteiger partial charge is 0.466 e. The van der Waals surface area contributed by atoms with Crippen molar-refractivity contribution in [1.82, 2.24) is 5.32 Å². The van der Waals surface area contributed by atoms with Gasteiger partial charge in [0, 0.05) is 4.47 Å². The van der Waals surface area contributed by atoms with Crippen LogP contribution in [0.3, 0.4) is 0 Å². The van der Waals surface area contributed by atoms with Gasteiger partial charge in [-0.2, -0.15) is 0 Å². The summed E-state index contributed by atoms with van der Waals surface area (Å²) < 4.78 is 7.61. The van der Waals surface area contributed by atoms with E-state index in [-0.39, 0.29) is 6.04 Å². The van der Waals surface area contributed by atoms with Crippen molar-refractivity contribution in [3.63, 3.8) is 0 Å². The molecule has 0 fully saturated rings. The van der Waals surface area contributed by atoms with Crippen molar-refractivity contribution >= 4 is 31.9 Å². The molecule has 0 bridgehead atoms. The number of benzene rings is 1. The minimum atomic E-state index is 0.0521. The lowest BCUT2D eigenvalue weighted by Crippen LogP contribution is -2.17. The van der Waals surface area contributed by atoms with Crippen LogP contribution in [0.15, 0.2) is 43.9 Å². The Morgan fingerprint density at radius 3 is 2.47 bits per heavy atom. The van der Waals surface area contributed by atoms with E-state index in [2.05, 4.69) is 62.3 Å². The number of rotatable bonds is 3. The first-order valence-corrected chi connectivity index (χ1v) is 6.88. The minimum Gasteiger partial charge on any atom is -0.466 e. The molecule has 2 nitrogen and oxygen atoms in total. The summed E-state index contributed by atoms with van der Waals surface area (Å²) in [6.45, 7) is 2.07. The zero-order valence-corrected chi connectivity index (χ0v) is 12.8. The Morgan fingerprint density at radius 1 is 1.18 bits per heavy atom. The first-order chi connectivity index (χ1) is 8.13. The molecule has 1 heterocycles. The fourth-order valence-electron chi connectivity index (χ4n) is 1.75. The van der Waals surface area contributed by atoms with E-state index in [1.807, 2.05) is 13.1 Å². The van der Waals surface area contributed by atoms with E-state index in [4.69, 9.17) is 4.42 Å². The SMILES string of the molecule is CNC(c1ccc(C)c(Br)c1)c1occc1Br. The maximum Gasteiger partial charge on any atom is 0.139 e. The van der Waals surface area contributed by atoms with Gasteiger partial charge in [-0.3, -0.25) is 0 Å². The van der Waals surface area contributed by atoms with Crippen LogP contribution in [-0.2, 0) is 0 Å². The average Bonchev–Trinajstić information content (AvgIpc) is 2.71. The Balaban J connectivity index is 2.42. The lowest BCUT2D eigenvalue weighted by atomic mass is 10.0. The van der Waals surface area contributed by atoms with Crippen molar-refractivity contribution in [2.45, 2.75) is 13.0 Å². The van der Waals surface area contributed by atoms with Crippen molar-refractivity contribution < 1.29 is 4.42 Å². The van der Waals surface area contributed by atoms with Gasteiger partial charge in [-0.15, -0.1) is 0 Å². The molecule has 0 amide bonds. The topological polar surface area (TPSA) is 25.2 Å². The fourth-order valence-corrected chi connectivity index (χ4v) is 2.58. The van der Waals surface area contributed by atoms with Crippen LogP contribution < -0.4 is 5.32 Å². The van der Waals surface area contributed by atoms with Crippen LogP contribution in [0.5, 0.6) is 0 Å². The van der Waals surface area contributed by atoms with Gasteiger partial charge in [-0.25, -0.2) is 0 Å². The zero-order valence-electron chi connectivity index (χ0n) is 9.63. The Bertz CT molecular complexity index is 522. The molecule has 2 rings (SSSR count). The van der Waals surface area contributed by atoms with Crippen LogP contribution in [0.4, 0.5) is 0 Å². The van der Waals surface area contributed by atoms with Gasteiger partial charge >= 0.3 is 0 Å². The van der Waals surface area contributed by atoms with Crippen LogP contribution in [0, 0.1) is 6.92 Å². The van der Waals surface area contributed by atoms with Crippen molar-refractivity contribution in [3.8, 4) is 0 Å². The van der Waals surface area contributed by atoms with Gasteiger partial charge < -0.3 is 9.73 Å². The van der Waals surface area contributed by atoms with E-state index in [0.717, 1.165) is 14.7 Å². The molecule has 90 valence electrons. The minimum absolute atomic E-state index is 0.0521. The molecule has 2 aromatic rings. The smallest absolute Gasteiger partial charge is 0.139 e. The van der Waals surface area contributed by atoms with E-state index in [1.54, 1.807) is 6.26 Å². The zero-order chi connectivity index (χ0) is 12.4. The highest BCUT2D eigenvalue weighted by atomic mass is 79.9.